The summed E-state index contributed by atoms with van der Waals surface area (Å²) in [6.07, 6.45) is 7.79. The average molecular weight is 493 g/mol. The number of pyridine rings is 1. The molecule has 3 atom stereocenters. The fraction of sp³-hybridized carbons (Fsp3) is 0.481. The number of nitrogens with zero attached hydrogens (tertiary/aromatic N) is 3. The van der Waals surface area contributed by atoms with Crippen molar-refractivity contribution in [3.05, 3.63) is 59.2 Å². The van der Waals surface area contributed by atoms with Gasteiger partial charge in [-0.3, -0.25) is 29.6 Å². The van der Waals surface area contributed by atoms with E-state index in [4.69, 9.17) is 4.74 Å². The molecule has 3 amide bonds. The number of hydrogen-bond donors (Lipinski definition) is 1. The molecule has 36 heavy (non-hydrogen) atoms. The summed E-state index contributed by atoms with van der Waals surface area (Å²) in [7, 11) is 0. The molecule has 9 heteroatoms. The molecule has 4 heterocycles. The largest absolute Gasteiger partial charge is 0.489 e. The second kappa shape index (κ2) is 9.28. The van der Waals surface area contributed by atoms with Crippen LogP contribution in [0.15, 0.2) is 36.7 Å². The van der Waals surface area contributed by atoms with Gasteiger partial charge in [-0.1, -0.05) is 6.42 Å². The Balaban J connectivity index is 1.12. The highest BCUT2D eigenvalue weighted by atomic mass is 19.1. The molecule has 188 valence electrons. The molecule has 8 nitrogen and oxygen atoms in total. The van der Waals surface area contributed by atoms with Crippen molar-refractivity contribution in [2.45, 2.75) is 69.2 Å². The van der Waals surface area contributed by atoms with E-state index in [2.05, 4.69) is 15.2 Å². The average Bonchev–Trinajstić information content (AvgIpc) is 3.16. The molecule has 0 unspecified atom stereocenters. The minimum Gasteiger partial charge on any atom is -0.489 e. The highest BCUT2D eigenvalue weighted by Crippen LogP contribution is 2.37. The molecule has 1 aromatic heterocycles. The molecule has 2 saturated heterocycles. The molecule has 3 aliphatic heterocycles. The van der Waals surface area contributed by atoms with Crippen molar-refractivity contribution in [1.82, 2.24) is 20.1 Å². The molecular weight excluding hydrogens is 463 g/mol. The summed E-state index contributed by atoms with van der Waals surface area (Å²) in [4.78, 5) is 44.6. The number of nitrogens with one attached hydrogen (secondary N) is 1. The fourth-order valence-electron chi connectivity index (χ4n) is 6.13. The standard InChI is InChI=1S/C27H29FN4O4/c28-21-12-29-10-9-19(21)17-13-31(14-17)22-3-1-2-4-24(22)36-18-5-6-20-16(11-18)15-32(27(20)35)23-7-8-25(33)30-26(23)34/h5-6,9-12,17,22-24H,1-4,7-8,13-15H2,(H,30,33,34)/t22-,23-,24-/m1/s1. The number of ether oxygens (including phenoxy) is 1. The van der Waals surface area contributed by atoms with Crippen LogP contribution < -0.4 is 10.1 Å². The number of likely N-dealkylation sites (tertiary alicyclic amines) is 1. The molecule has 1 saturated carbocycles. The Labute approximate surface area is 208 Å². The number of hydrogen-bond acceptors (Lipinski definition) is 6. The highest BCUT2D eigenvalue weighted by molar-refractivity contribution is 6.05. The van der Waals surface area contributed by atoms with E-state index < -0.39 is 11.9 Å². The first-order valence-electron chi connectivity index (χ1n) is 12.8. The normalized spacial score (nSPS) is 27.0. The lowest BCUT2D eigenvalue weighted by atomic mass is 9.84. The number of aromatic nitrogens is 1. The minimum absolute atomic E-state index is 0.0309. The topological polar surface area (TPSA) is 91.8 Å². The van der Waals surface area contributed by atoms with Crippen LogP contribution in [0.1, 0.15) is 65.9 Å². The van der Waals surface area contributed by atoms with Gasteiger partial charge >= 0.3 is 0 Å². The third-order valence-corrected chi connectivity index (χ3v) is 8.07. The van der Waals surface area contributed by atoms with E-state index in [1.165, 1.54) is 6.20 Å². The molecule has 1 N–H and O–H groups in total. The first-order chi connectivity index (χ1) is 17.5. The molecule has 1 aromatic carbocycles. The van der Waals surface area contributed by atoms with Gasteiger partial charge in [0.1, 0.15) is 23.7 Å². The molecule has 0 radical (unpaired) electrons. The third-order valence-electron chi connectivity index (χ3n) is 8.07. The van der Waals surface area contributed by atoms with Crippen LogP contribution in [0.5, 0.6) is 5.75 Å². The molecule has 4 aliphatic rings. The van der Waals surface area contributed by atoms with Crippen molar-refractivity contribution in [3.63, 3.8) is 0 Å². The van der Waals surface area contributed by atoms with E-state index in [1.807, 2.05) is 12.1 Å². The van der Waals surface area contributed by atoms with Crippen LogP contribution in [0.3, 0.4) is 0 Å². The molecule has 6 rings (SSSR count). The molecular formula is C27H29FN4O4. The third kappa shape index (κ3) is 4.15. The van der Waals surface area contributed by atoms with Crippen molar-refractivity contribution in [2.24, 2.45) is 0 Å². The second-order valence-electron chi connectivity index (χ2n) is 10.3. The number of piperidine rings is 1. The predicted molar refractivity (Wildman–Crippen MR) is 128 cm³/mol. The molecule has 2 aromatic rings. The molecule has 3 fully saturated rings. The smallest absolute Gasteiger partial charge is 0.255 e. The number of imide groups is 1. The van der Waals surface area contributed by atoms with Gasteiger partial charge in [0, 0.05) is 49.8 Å². The lowest BCUT2D eigenvalue weighted by molar-refractivity contribution is -0.136. The van der Waals surface area contributed by atoms with Gasteiger partial charge in [0.15, 0.2) is 0 Å². The summed E-state index contributed by atoms with van der Waals surface area (Å²) in [5.74, 6) is -0.221. The van der Waals surface area contributed by atoms with Crippen LogP contribution in [0.2, 0.25) is 0 Å². The second-order valence-corrected chi connectivity index (χ2v) is 10.3. The van der Waals surface area contributed by atoms with Gasteiger partial charge in [-0.25, -0.2) is 4.39 Å². The SMILES string of the molecule is O=C1CC[C@@H](N2Cc3cc(O[C@@H]4CCCC[C@H]4N4CC(c5ccncc5F)C4)ccc3C2=O)C(=O)N1. The summed E-state index contributed by atoms with van der Waals surface area (Å²) >= 11 is 0. The lowest BCUT2D eigenvalue weighted by Crippen LogP contribution is -2.57. The van der Waals surface area contributed by atoms with Crippen molar-refractivity contribution in [2.75, 3.05) is 13.1 Å². The first kappa shape index (κ1) is 23.1. The summed E-state index contributed by atoms with van der Waals surface area (Å²) in [6.45, 7) is 1.95. The van der Waals surface area contributed by atoms with Crippen LogP contribution in [-0.4, -0.2) is 63.8 Å². The summed E-state index contributed by atoms with van der Waals surface area (Å²) in [5.41, 5.74) is 2.15. The van der Waals surface area contributed by atoms with E-state index in [0.29, 0.717) is 18.5 Å². The van der Waals surface area contributed by atoms with Crippen molar-refractivity contribution in [3.8, 4) is 5.75 Å². The zero-order valence-corrected chi connectivity index (χ0v) is 20.0. The number of rotatable bonds is 5. The number of fused-ring (bicyclic) bond motifs is 1. The maximum Gasteiger partial charge on any atom is 0.255 e. The Hall–Kier alpha value is -3.33. The number of halogens is 1. The van der Waals surface area contributed by atoms with E-state index in [1.54, 1.807) is 23.2 Å². The van der Waals surface area contributed by atoms with E-state index in [0.717, 1.165) is 55.6 Å². The van der Waals surface area contributed by atoms with E-state index in [-0.39, 0.29) is 42.1 Å². The fourth-order valence-corrected chi connectivity index (χ4v) is 6.13. The zero-order valence-electron chi connectivity index (χ0n) is 20.0. The minimum atomic E-state index is -0.626. The number of carbonyl (C=O) groups excluding carboxylic acids is 3. The van der Waals surface area contributed by atoms with Gasteiger partial charge in [-0.2, -0.15) is 0 Å². The monoisotopic (exact) mass is 492 g/mol. The number of carbonyl (C=O) groups is 3. The summed E-state index contributed by atoms with van der Waals surface area (Å²) in [6, 6.07) is 6.95. The van der Waals surface area contributed by atoms with Gasteiger partial charge in [0.25, 0.3) is 5.91 Å². The molecule has 1 aliphatic carbocycles. The van der Waals surface area contributed by atoms with Gasteiger partial charge in [-0.05, 0) is 61.1 Å². The predicted octanol–water partition coefficient (Wildman–Crippen LogP) is 2.77. The van der Waals surface area contributed by atoms with Crippen molar-refractivity contribution < 1.29 is 23.5 Å². The number of benzene rings is 1. The molecule has 0 spiro atoms. The summed E-state index contributed by atoms with van der Waals surface area (Å²) < 4.78 is 20.6. The van der Waals surface area contributed by atoms with Crippen LogP contribution in [0.4, 0.5) is 4.39 Å². The van der Waals surface area contributed by atoms with Crippen LogP contribution >= 0.6 is 0 Å². The van der Waals surface area contributed by atoms with Crippen LogP contribution in [0, 0.1) is 5.82 Å². The van der Waals surface area contributed by atoms with Gasteiger partial charge in [-0.15, -0.1) is 0 Å². The van der Waals surface area contributed by atoms with Crippen LogP contribution in [0.25, 0.3) is 0 Å². The maximum absolute atomic E-state index is 14.1. The van der Waals surface area contributed by atoms with E-state index >= 15 is 0 Å². The zero-order chi connectivity index (χ0) is 24.8. The van der Waals surface area contributed by atoms with Gasteiger partial charge < -0.3 is 9.64 Å². The van der Waals surface area contributed by atoms with Gasteiger partial charge in [0.2, 0.25) is 11.8 Å². The highest BCUT2D eigenvalue weighted by Gasteiger charge is 2.41. The quantitative estimate of drug-likeness (QED) is 0.646. The van der Waals surface area contributed by atoms with Crippen molar-refractivity contribution in [1.29, 1.82) is 0 Å². The number of amides is 3. The Morgan fingerprint density at radius 2 is 1.89 bits per heavy atom. The van der Waals surface area contributed by atoms with Crippen LogP contribution in [-0.2, 0) is 16.1 Å². The van der Waals surface area contributed by atoms with Crippen molar-refractivity contribution >= 4 is 17.7 Å². The Morgan fingerprint density at radius 1 is 1.06 bits per heavy atom. The Bertz CT molecular complexity index is 1210. The lowest BCUT2D eigenvalue weighted by Gasteiger charge is -2.48. The Morgan fingerprint density at radius 3 is 2.69 bits per heavy atom. The molecule has 0 bridgehead atoms. The van der Waals surface area contributed by atoms with E-state index in [9.17, 15) is 18.8 Å². The summed E-state index contributed by atoms with van der Waals surface area (Å²) in [5, 5.41) is 2.34. The van der Waals surface area contributed by atoms with Gasteiger partial charge in [0.05, 0.1) is 6.20 Å². The first-order valence-corrected chi connectivity index (χ1v) is 12.8. The Kier molecular flexibility index (Phi) is 5.95. The maximum atomic E-state index is 14.1.